The van der Waals surface area contributed by atoms with E-state index in [1.165, 1.54) is 19.3 Å². The number of carbonyl (C=O) groups excluding carboxylic acids is 2. The van der Waals surface area contributed by atoms with E-state index in [2.05, 4.69) is 10.6 Å². The van der Waals surface area contributed by atoms with Crippen LogP contribution in [0.5, 0.6) is 0 Å². The Labute approximate surface area is 167 Å². The van der Waals surface area contributed by atoms with E-state index in [1.54, 1.807) is 0 Å². The van der Waals surface area contributed by atoms with Gasteiger partial charge in [-0.3, -0.25) is 4.79 Å². The summed E-state index contributed by atoms with van der Waals surface area (Å²) in [5.41, 5.74) is 1.74. The molecular formula is C23H31N3O2. The van der Waals surface area contributed by atoms with Crippen molar-refractivity contribution in [3.63, 3.8) is 0 Å². The minimum absolute atomic E-state index is 0.0211. The quantitative estimate of drug-likeness (QED) is 0.823. The number of likely N-dealkylation sites (tertiary alicyclic amines) is 1. The number of carbonyl (C=O) groups is 2. The van der Waals surface area contributed by atoms with Crippen LogP contribution in [-0.4, -0.2) is 29.9 Å². The lowest BCUT2D eigenvalue weighted by atomic mass is 9.49. The van der Waals surface area contributed by atoms with Crippen molar-refractivity contribution in [2.45, 2.75) is 57.9 Å². The molecule has 1 aromatic carbocycles. The summed E-state index contributed by atoms with van der Waals surface area (Å²) in [7, 11) is 0. The highest BCUT2D eigenvalue weighted by Crippen LogP contribution is 2.60. The monoisotopic (exact) mass is 381 g/mol. The molecule has 1 heterocycles. The highest BCUT2D eigenvalue weighted by molar-refractivity contribution is 5.89. The van der Waals surface area contributed by atoms with Crippen LogP contribution >= 0.6 is 0 Å². The number of hydrogen-bond donors (Lipinski definition) is 2. The zero-order chi connectivity index (χ0) is 19.1. The maximum atomic E-state index is 13.1. The van der Waals surface area contributed by atoms with Gasteiger partial charge in [-0.15, -0.1) is 0 Å². The second kappa shape index (κ2) is 7.09. The van der Waals surface area contributed by atoms with Gasteiger partial charge in [-0.1, -0.05) is 12.1 Å². The lowest BCUT2D eigenvalue weighted by Gasteiger charge is -2.55. The van der Waals surface area contributed by atoms with E-state index in [9.17, 15) is 9.59 Å². The molecule has 3 amide bonds. The largest absolute Gasteiger partial charge is 0.352 e. The molecule has 0 unspecified atom stereocenters. The molecule has 0 radical (unpaired) electrons. The second-order valence-electron chi connectivity index (χ2n) is 9.71. The highest BCUT2D eigenvalue weighted by Gasteiger charge is 2.54. The number of urea groups is 1. The summed E-state index contributed by atoms with van der Waals surface area (Å²) < 4.78 is 0. The van der Waals surface area contributed by atoms with Crippen LogP contribution in [0.3, 0.4) is 0 Å². The molecule has 1 aliphatic heterocycles. The third kappa shape index (κ3) is 3.40. The summed E-state index contributed by atoms with van der Waals surface area (Å²) in [5, 5.41) is 6.22. The molecule has 6 rings (SSSR count). The third-order valence-electron chi connectivity index (χ3n) is 7.54. The average Bonchev–Trinajstić information content (AvgIpc) is 3.20. The molecule has 5 fully saturated rings. The molecule has 4 aliphatic carbocycles. The smallest absolute Gasteiger partial charge is 0.321 e. The van der Waals surface area contributed by atoms with Crippen LogP contribution in [0, 0.1) is 23.2 Å². The Hall–Kier alpha value is -2.04. The van der Waals surface area contributed by atoms with Gasteiger partial charge in [-0.2, -0.15) is 0 Å². The number of amides is 3. The van der Waals surface area contributed by atoms with Gasteiger partial charge >= 0.3 is 6.03 Å². The van der Waals surface area contributed by atoms with Crippen molar-refractivity contribution in [2.75, 3.05) is 18.4 Å². The molecule has 150 valence electrons. The van der Waals surface area contributed by atoms with Crippen molar-refractivity contribution in [1.29, 1.82) is 0 Å². The number of anilines is 1. The standard InChI is InChI=1S/C23H31N3O2/c27-21(23-12-17-8-18(13-23)10-19(9-17)14-23)24-15-16-4-3-5-20(11-16)25-22(28)26-6-1-2-7-26/h3-5,11,17-19H,1-2,6-10,12-15H2,(H,24,27)(H,25,28). The Morgan fingerprint density at radius 3 is 2.29 bits per heavy atom. The highest BCUT2D eigenvalue weighted by atomic mass is 16.2. The first-order valence-electron chi connectivity index (χ1n) is 11.0. The fraction of sp³-hybridized carbons (Fsp3) is 0.652. The van der Waals surface area contributed by atoms with Gasteiger partial charge in [0.25, 0.3) is 0 Å². The van der Waals surface area contributed by atoms with E-state index < -0.39 is 0 Å². The molecule has 1 aromatic rings. The zero-order valence-corrected chi connectivity index (χ0v) is 16.6. The van der Waals surface area contributed by atoms with Crippen LogP contribution in [-0.2, 0) is 11.3 Å². The molecule has 4 saturated carbocycles. The van der Waals surface area contributed by atoms with Crippen LogP contribution in [0.15, 0.2) is 24.3 Å². The van der Waals surface area contributed by atoms with Gasteiger partial charge in [-0.25, -0.2) is 4.79 Å². The van der Waals surface area contributed by atoms with Crippen LogP contribution in [0.1, 0.15) is 56.9 Å². The summed E-state index contributed by atoms with van der Waals surface area (Å²) in [6, 6.07) is 7.84. The Morgan fingerprint density at radius 2 is 1.64 bits per heavy atom. The molecule has 1 saturated heterocycles. The first kappa shape index (κ1) is 18.0. The molecule has 5 aliphatic rings. The molecule has 2 N–H and O–H groups in total. The van der Waals surface area contributed by atoms with Crippen molar-refractivity contribution < 1.29 is 9.59 Å². The lowest BCUT2D eigenvalue weighted by molar-refractivity contribution is -0.146. The number of nitrogens with one attached hydrogen (secondary N) is 2. The summed E-state index contributed by atoms with van der Waals surface area (Å²) in [6.45, 7) is 2.22. The first-order valence-corrected chi connectivity index (χ1v) is 11.0. The lowest BCUT2D eigenvalue weighted by Crippen LogP contribution is -2.53. The van der Waals surface area contributed by atoms with Gasteiger partial charge in [0.15, 0.2) is 0 Å². The maximum Gasteiger partial charge on any atom is 0.321 e. The van der Waals surface area contributed by atoms with Crippen molar-refractivity contribution in [3.8, 4) is 0 Å². The fourth-order valence-corrected chi connectivity index (χ4v) is 6.64. The predicted molar refractivity (Wildman–Crippen MR) is 109 cm³/mol. The van der Waals surface area contributed by atoms with Gasteiger partial charge in [0.2, 0.25) is 5.91 Å². The normalized spacial score (nSPS) is 33.1. The van der Waals surface area contributed by atoms with Crippen molar-refractivity contribution in [1.82, 2.24) is 10.2 Å². The first-order chi connectivity index (χ1) is 13.6. The van der Waals surface area contributed by atoms with E-state index >= 15 is 0 Å². The van der Waals surface area contributed by atoms with Crippen LogP contribution < -0.4 is 10.6 Å². The minimum atomic E-state index is -0.101. The minimum Gasteiger partial charge on any atom is -0.352 e. The number of hydrogen-bond acceptors (Lipinski definition) is 2. The van der Waals surface area contributed by atoms with Gasteiger partial charge in [0, 0.05) is 30.7 Å². The molecule has 0 atom stereocenters. The van der Waals surface area contributed by atoms with E-state index in [-0.39, 0.29) is 17.4 Å². The Kier molecular flexibility index (Phi) is 4.56. The van der Waals surface area contributed by atoms with Gasteiger partial charge in [0.05, 0.1) is 0 Å². The van der Waals surface area contributed by atoms with E-state index in [4.69, 9.17) is 0 Å². The summed E-state index contributed by atoms with van der Waals surface area (Å²) in [5.74, 6) is 2.60. The SMILES string of the molecule is O=C(Nc1cccc(CNC(=O)C23CC4CC(CC(C4)C2)C3)c1)N1CCCC1. The molecule has 5 heteroatoms. The maximum absolute atomic E-state index is 13.1. The Balaban J connectivity index is 1.20. The summed E-state index contributed by atoms with van der Waals surface area (Å²) >= 11 is 0. The molecule has 5 nitrogen and oxygen atoms in total. The molecule has 0 aromatic heterocycles. The molecule has 0 spiro atoms. The fourth-order valence-electron chi connectivity index (χ4n) is 6.64. The third-order valence-corrected chi connectivity index (χ3v) is 7.54. The predicted octanol–water partition coefficient (Wildman–Crippen LogP) is 4.15. The second-order valence-corrected chi connectivity index (χ2v) is 9.71. The summed E-state index contributed by atoms with van der Waals surface area (Å²) in [6.07, 6.45) is 9.51. The van der Waals surface area contributed by atoms with Gasteiger partial charge in [-0.05, 0) is 86.8 Å². The molecular weight excluding hydrogens is 350 g/mol. The van der Waals surface area contributed by atoms with Crippen LogP contribution in [0.4, 0.5) is 10.5 Å². The van der Waals surface area contributed by atoms with E-state index in [1.807, 2.05) is 29.2 Å². The van der Waals surface area contributed by atoms with Gasteiger partial charge < -0.3 is 15.5 Å². The molecule has 28 heavy (non-hydrogen) atoms. The van der Waals surface area contributed by atoms with Crippen LogP contribution in [0.25, 0.3) is 0 Å². The Bertz CT molecular complexity index is 734. The number of nitrogens with zero attached hydrogens (tertiary/aromatic N) is 1. The van der Waals surface area contributed by atoms with E-state index in [0.29, 0.717) is 6.54 Å². The zero-order valence-electron chi connectivity index (χ0n) is 16.6. The number of benzene rings is 1. The topological polar surface area (TPSA) is 61.4 Å². The molecule has 4 bridgehead atoms. The number of rotatable bonds is 4. The van der Waals surface area contributed by atoms with Crippen molar-refractivity contribution in [2.24, 2.45) is 23.2 Å². The van der Waals surface area contributed by atoms with E-state index in [0.717, 1.165) is 74.2 Å². The average molecular weight is 382 g/mol. The van der Waals surface area contributed by atoms with Gasteiger partial charge in [0.1, 0.15) is 0 Å². The van der Waals surface area contributed by atoms with Crippen LogP contribution in [0.2, 0.25) is 0 Å². The Morgan fingerprint density at radius 1 is 1.00 bits per heavy atom. The summed E-state index contributed by atoms with van der Waals surface area (Å²) in [4.78, 5) is 27.3. The van der Waals surface area contributed by atoms with Crippen molar-refractivity contribution in [3.05, 3.63) is 29.8 Å². The van der Waals surface area contributed by atoms with Crippen molar-refractivity contribution >= 4 is 17.6 Å².